The molecule has 0 unspecified atom stereocenters. The summed E-state index contributed by atoms with van der Waals surface area (Å²) in [5, 5.41) is 10.1. The summed E-state index contributed by atoms with van der Waals surface area (Å²) in [4.78, 5) is 12.6. The summed E-state index contributed by atoms with van der Waals surface area (Å²) in [6.07, 6.45) is 0. The molecule has 0 aromatic heterocycles. The van der Waals surface area contributed by atoms with Crippen molar-refractivity contribution >= 4 is 52.3 Å². The molecule has 1 amide bonds. The van der Waals surface area contributed by atoms with E-state index in [1.807, 2.05) is 36.4 Å². The van der Waals surface area contributed by atoms with E-state index < -0.39 is 0 Å². The number of thioether (sulfide) groups is 1. The van der Waals surface area contributed by atoms with Gasteiger partial charge in [-0.05, 0) is 60.7 Å². The number of anilines is 1. The Hall–Kier alpha value is -1.76. The molecule has 0 aliphatic rings. The zero-order valence-electron chi connectivity index (χ0n) is 13.1. The first-order valence-electron chi connectivity index (χ1n) is 7.34. The van der Waals surface area contributed by atoms with Gasteiger partial charge in [-0.15, -0.1) is 11.8 Å². The third-order valence-corrected chi connectivity index (χ3v) is 4.61. The maximum Gasteiger partial charge on any atom is 0.251 e. The summed E-state index contributed by atoms with van der Waals surface area (Å²) in [7, 11) is 1.61. The van der Waals surface area contributed by atoms with Crippen LogP contribution in [0.25, 0.3) is 0 Å². The quantitative estimate of drug-likeness (QED) is 0.405. The van der Waals surface area contributed by atoms with Gasteiger partial charge >= 0.3 is 0 Å². The molecule has 0 saturated heterocycles. The molecule has 0 spiro atoms. The Balaban J connectivity index is 1.71. The van der Waals surface area contributed by atoms with Crippen LogP contribution in [-0.2, 0) is 0 Å². The highest BCUT2D eigenvalue weighted by molar-refractivity contribution is 7.99. The monoisotopic (exact) mass is 379 g/mol. The van der Waals surface area contributed by atoms with E-state index >= 15 is 0 Å². The summed E-state index contributed by atoms with van der Waals surface area (Å²) < 4.78 is 0. The van der Waals surface area contributed by atoms with E-state index in [0.717, 1.165) is 23.0 Å². The fourth-order valence-corrected chi connectivity index (χ4v) is 3.00. The van der Waals surface area contributed by atoms with Crippen LogP contribution in [0.2, 0.25) is 5.02 Å². The lowest BCUT2D eigenvalue weighted by Gasteiger charge is -2.11. The second-order valence-corrected chi connectivity index (χ2v) is 6.85. The SMILES string of the molecule is CNC(=O)c1ccc(NC(=S)NCCSc2ccc(Cl)cc2)cc1. The maximum atomic E-state index is 11.5. The lowest BCUT2D eigenvalue weighted by Crippen LogP contribution is -2.30. The summed E-state index contributed by atoms with van der Waals surface area (Å²) >= 11 is 12.9. The van der Waals surface area contributed by atoms with Crippen molar-refractivity contribution in [1.82, 2.24) is 10.6 Å². The van der Waals surface area contributed by atoms with Crippen molar-refractivity contribution in [3.05, 3.63) is 59.1 Å². The summed E-state index contributed by atoms with van der Waals surface area (Å²) in [6.45, 7) is 0.745. The number of hydrogen-bond donors (Lipinski definition) is 3. The van der Waals surface area contributed by atoms with E-state index in [4.69, 9.17) is 23.8 Å². The van der Waals surface area contributed by atoms with Crippen molar-refractivity contribution in [1.29, 1.82) is 0 Å². The molecular weight excluding hydrogens is 362 g/mol. The molecule has 24 heavy (non-hydrogen) atoms. The molecule has 0 fully saturated rings. The van der Waals surface area contributed by atoms with Crippen LogP contribution in [0.3, 0.4) is 0 Å². The Morgan fingerprint density at radius 3 is 2.42 bits per heavy atom. The smallest absolute Gasteiger partial charge is 0.251 e. The topological polar surface area (TPSA) is 53.2 Å². The molecule has 0 radical (unpaired) electrons. The molecule has 126 valence electrons. The van der Waals surface area contributed by atoms with E-state index in [-0.39, 0.29) is 5.91 Å². The van der Waals surface area contributed by atoms with E-state index in [9.17, 15) is 4.79 Å². The first-order chi connectivity index (χ1) is 11.6. The Kier molecular flexibility index (Phi) is 7.36. The predicted octanol–water partition coefficient (Wildman–Crippen LogP) is 3.78. The van der Waals surface area contributed by atoms with E-state index in [1.54, 1.807) is 30.9 Å². The van der Waals surface area contributed by atoms with Crippen LogP contribution in [0, 0.1) is 0 Å². The number of benzene rings is 2. The molecule has 0 saturated carbocycles. The lowest BCUT2D eigenvalue weighted by molar-refractivity contribution is 0.0963. The maximum absolute atomic E-state index is 11.5. The van der Waals surface area contributed by atoms with Crippen LogP contribution in [0.4, 0.5) is 5.69 Å². The van der Waals surface area contributed by atoms with Gasteiger partial charge < -0.3 is 16.0 Å². The van der Waals surface area contributed by atoms with E-state index in [1.165, 1.54) is 4.90 Å². The third-order valence-electron chi connectivity index (χ3n) is 3.10. The number of rotatable bonds is 6. The Morgan fingerprint density at radius 2 is 1.79 bits per heavy atom. The van der Waals surface area contributed by atoms with Crippen molar-refractivity contribution in [2.75, 3.05) is 24.7 Å². The first-order valence-corrected chi connectivity index (χ1v) is 9.11. The molecule has 0 bridgehead atoms. The largest absolute Gasteiger partial charge is 0.362 e. The standard InChI is InChI=1S/C17H18ClN3OS2/c1-19-16(22)12-2-6-14(7-3-12)21-17(23)20-10-11-24-15-8-4-13(18)5-9-15/h2-9H,10-11H2,1H3,(H,19,22)(H2,20,21,23). The minimum Gasteiger partial charge on any atom is -0.362 e. The van der Waals surface area contributed by atoms with Crippen LogP contribution < -0.4 is 16.0 Å². The number of carbonyl (C=O) groups is 1. The van der Waals surface area contributed by atoms with Gasteiger partial charge in [-0.1, -0.05) is 11.6 Å². The fraction of sp³-hybridized carbons (Fsp3) is 0.176. The van der Waals surface area contributed by atoms with Gasteiger partial charge in [0, 0.05) is 40.5 Å². The first kappa shape index (κ1) is 18.6. The molecule has 7 heteroatoms. The van der Waals surface area contributed by atoms with Crippen molar-refractivity contribution in [3.8, 4) is 0 Å². The number of nitrogens with one attached hydrogen (secondary N) is 3. The van der Waals surface area contributed by atoms with Gasteiger partial charge in [-0.2, -0.15) is 0 Å². The molecular formula is C17H18ClN3OS2. The second-order valence-electron chi connectivity index (χ2n) is 4.84. The van der Waals surface area contributed by atoms with Gasteiger partial charge in [0.05, 0.1) is 0 Å². The molecule has 2 aromatic rings. The number of halogens is 1. The van der Waals surface area contributed by atoms with Gasteiger partial charge in [0.25, 0.3) is 5.91 Å². The molecule has 4 nitrogen and oxygen atoms in total. The van der Waals surface area contributed by atoms with Crippen molar-refractivity contribution in [2.45, 2.75) is 4.90 Å². The molecule has 2 rings (SSSR count). The number of carbonyl (C=O) groups excluding carboxylic acids is 1. The second kappa shape index (κ2) is 9.52. The highest BCUT2D eigenvalue weighted by Crippen LogP contribution is 2.19. The minimum atomic E-state index is -0.110. The van der Waals surface area contributed by atoms with Crippen LogP contribution in [0.5, 0.6) is 0 Å². The zero-order chi connectivity index (χ0) is 17.4. The molecule has 3 N–H and O–H groups in total. The summed E-state index contributed by atoms with van der Waals surface area (Å²) in [6, 6.07) is 14.9. The summed E-state index contributed by atoms with van der Waals surface area (Å²) in [5.41, 5.74) is 1.45. The van der Waals surface area contributed by atoms with Crippen LogP contribution in [0.1, 0.15) is 10.4 Å². The van der Waals surface area contributed by atoms with Crippen LogP contribution in [0.15, 0.2) is 53.4 Å². The molecule has 0 aliphatic carbocycles. The van der Waals surface area contributed by atoms with Gasteiger partial charge in [-0.3, -0.25) is 4.79 Å². The highest BCUT2D eigenvalue weighted by atomic mass is 35.5. The average molecular weight is 380 g/mol. The van der Waals surface area contributed by atoms with Gasteiger partial charge in [-0.25, -0.2) is 0 Å². The van der Waals surface area contributed by atoms with Crippen LogP contribution in [-0.4, -0.2) is 30.4 Å². The lowest BCUT2D eigenvalue weighted by atomic mass is 10.2. The van der Waals surface area contributed by atoms with Crippen LogP contribution >= 0.6 is 35.6 Å². The number of hydrogen-bond acceptors (Lipinski definition) is 3. The Bertz CT molecular complexity index is 690. The molecule has 2 aromatic carbocycles. The Morgan fingerprint density at radius 1 is 1.12 bits per heavy atom. The van der Waals surface area contributed by atoms with E-state index in [0.29, 0.717) is 10.7 Å². The van der Waals surface area contributed by atoms with Crippen molar-refractivity contribution in [2.24, 2.45) is 0 Å². The molecule has 0 heterocycles. The average Bonchev–Trinajstić information content (AvgIpc) is 2.60. The number of amides is 1. The normalized spacial score (nSPS) is 10.1. The predicted molar refractivity (Wildman–Crippen MR) is 106 cm³/mol. The molecule has 0 aliphatic heterocycles. The van der Waals surface area contributed by atoms with Gasteiger partial charge in [0.1, 0.15) is 0 Å². The fourth-order valence-electron chi connectivity index (χ4n) is 1.89. The van der Waals surface area contributed by atoms with Gasteiger partial charge in [0.15, 0.2) is 5.11 Å². The highest BCUT2D eigenvalue weighted by Gasteiger charge is 2.03. The molecule has 0 atom stereocenters. The minimum absolute atomic E-state index is 0.110. The van der Waals surface area contributed by atoms with Gasteiger partial charge in [0.2, 0.25) is 0 Å². The Labute approximate surface area is 156 Å². The van der Waals surface area contributed by atoms with Crippen molar-refractivity contribution < 1.29 is 4.79 Å². The summed E-state index contributed by atoms with van der Waals surface area (Å²) in [5.74, 6) is 0.778. The number of thiocarbonyl (C=S) groups is 1. The third kappa shape index (κ3) is 6.03. The van der Waals surface area contributed by atoms with Crippen molar-refractivity contribution in [3.63, 3.8) is 0 Å². The zero-order valence-corrected chi connectivity index (χ0v) is 15.5. The van der Waals surface area contributed by atoms with E-state index in [2.05, 4.69) is 16.0 Å².